The van der Waals surface area contributed by atoms with Gasteiger partial charge in [0.2, 0.25) is 0 Å². The molecule has 1 N–H and O–H groups in total. The molecule has 0 saturated heterocycles. The van der Waals surface area contributed by atoms with Crippen LogP contribution in [0.4, 0.5) is 0 Å². The van der Waals surface area contributed by atoms with E-state index >= 15 is 0 Å². The monoisotopic (exact) mass is 304 g/mol. The van der Waals surface area contributed by atoms with Crippen molar-refractivity contribution in [2.75, 3.05) is 0 Å². The third kappa shape index (κ3) is 2.79. The van der Waals surface area contributed by atoms with E-state index in [0.29, 0.717) is 5.56 Å². The molecule has 118 valence electrons. The molecule has 0 aliphatic carbocycles. The smallest absolute Gasteiger partial charge is 0.332 e. The highest BCUT2D eigenvalue weighted by molar-refractivity contribution is 5.96. The van der Waals surface area contributed by atoms with E-state index in [2.05, 4.69) is 10.3 Å². The Morgan fingerprint density at radius 1 is 1.32 bits per heavy atom. The number of hydrogen-bond acceptors (Lipinski definition) is 4. The summed E-state index contributed by atoms with van der Waals surface area (Å²) in [5.74, 6) is -0.272. The summed E-state index contributed by atoms with van der Waals surface area (Å²) in [5.41, 5.74) is -0.321. The van der Waals surface area contributed by atoms with Crippen molar-refractivity contribution < 1.29 is 4.79 Å². The molecular formula is C15H20N4O3. The predicted molar refractivity (Wildman–Crippen MR) is 84.1 cm³/mol. The summed E-state index contributed by atoms with van der Waals surface area (Å²) in [6.07, 6.45) is 3.23. The van der Waals surface area contributed by atoms with Crippen molar-refractivity contribution in [3.63, 3.8) is 0 Å². The maximum Gasteiger partial charge on any atom is 0.332 e. The largest absolute Gasteiger partial charge is 0.350 e. The Morgan fingerprint density at radius 2 is 2.00 bits per heavy atom. The molecule has 2 rings (SSSR count). The van der Waals surface area contributed by atoms with E-state index in [4.69, 9.17) is 0 Å². The number of carbonyl (C=O) groups is 1. The molecule has 1 atom stereocenters. The first-order chi connectivity index (χ1) is 10.4. The summed E-state index contributed by atoms with van der Waals surface area (Å²) in [5, 5.41) is 3.12. The number of aryl methyl sites for hydroxylation is 1. The number of nitrogens with one attached hydrogen (secondary N) is 1. The minimum absolute atomic E-state index is 0.0520. The van der Waals surface area contributed by atoms with Gasteiger partial charge in [0.1, 0.15) is 5.65 Å². The van der Waals surface area contributed by atoms with Crippen LogP contribution < -0.4 is 16.6 Å². The van der Waals surface area contributed by atoms with Gasteiger partial charge in [0.25, 0.3) is 11.5 Å². The predicted octanol–water partition coefficient (Wildman–Crippen LogP) is 0.551. The second kappa shape index (κ2) is 6.13. The van der Waals surface area contributed by atoms with Crippen molar-refractivity contribution in [3.8, 4) is 0 Å². The maximum atomic E-state index is 12.2. The van der Waals surface area contributed by atoms with Gasteiger partial charge in [-0.1, -0.05) is 13.3 Å². The van der Waals surface area contributed by atoms with Crippen LogP contribution in [-0.4, -0.2) is 26.1 Å². The molecule has 0 bridgehead atoms. The molecule has 0 saturated carbocycles. The van der Waals surface area contributed by atoms with Crippen molar-refractivity contribution in [1.29, 1.82) is 0 Å². The Kier molecular flexibility index (Phi) is 4.44. The molecule has 22 heavy (non-hydrogen) atoms. The van der Waals surface area contributed by atoms with Crippen LogP contribution in [0.15, 0.2) is 21.9 Å². The molecule has 2 heterocycles. The average molecular weight is 304 g/mol. The number of nitrogens with zero attached hydrogens (tertiary/aromatic N) is 3. The molecule has 0 unspecified atom stereocenters. The van der Waals surface area contributed by atoms with E-state index in [9.17, 15) is 14.4 Å². The lowest BCUT2D eigenvalue weighted by atomic mass is 10.1. The van der Waals surface area contributed by atoms with Crippen molar-refractivity contribution in [1.82, 2.24) is 19.4 Å². The van der Waals surface area contributed by atoms with E-state index in [1.54, 1.807) is 7.05 Å². The SMILES string of the molecule is CCC[C@H](C)NC(=O)c1cnc2c(c1)c(=O)n(C)c(=O)n2C. The first kappa shape index (κ1) is 15.9. The third-order valence-corrected chi connectivity index (χ3v) is 3.65. The third-order valence-electron chi connectivity index (χ3n) is 3.65. The van der Waals surface area contributed by atoms with Gasteiger partial charge in [-0.25, -0.2) is 9.78 Å². The van der Waals surface area contributed by atoms with E-state index in [1.165, 1.54) is 23.9 Å². The van der Waals surface area contributed by atoms with Gasteiger partial charge in [-0.3, -0.25) is 18.7 Å². The summed E-state index contributed by atoms with van der Waals surface area (Å²) < 4.78 is 2.30. The minimum atomic E-state index is -0.457. The number of rotatable bonds is 4. The molecule has 7 nitrogen and oxygen atoms in total. The normalized spacial score (nSPS) is 12.4. The number of hydrogen-bond donors (Lipinski definition) is 1. The van der Waals surface area contributed by atoms with Crippen molar-refractivity contribution in [2.24, 2.45) is 14.1 Å². The molecule has 1 amide bonds. The van der Waals surface area contributed by atoms with E-state index in [-0.39, 0.29) is 23.0 Å². The number of amides is 1. The van der Waals surface area contributed by atoms with Gasteiger partial charge in [-0.2, -0.15) is 0 Å². The molecule has 7 heteroatoms. The van der Waals surface area contributed by atoms with Crippen LogP contribution in [0.3, 0.4) is 0 Å². The van der Waals surface area contributed by atoms with Crippen LogP contribution >= 0.6 is 0 Å². The molecule has 0 spiro atoms. The molecule has 0 aliphatic rings. The van der Waals surface area contributed by atoms with Gasteiger partial charge in [0.15, 0.2) is 0 Å². The topological polar surface area (TPSA) is 86.0 Å². The number of pyridine rings is 1. The van der Waals surface area contributed by atoms with Crippen molar-refractivity contribution in [2.45, 2.75) is 32.7 Å². The maximum absolute atomic E-state index is 12.2. The molecule has 0 radical (unpaired) electrons. The summed E-state index contributed by atoms with van der Waals surface area (Å²) >= 11 is 0. The molecular weight excluding hydrogens is 284 g/mol. The van der Waals surface area contributed by atoms with E-state index < -0.39 is 11.2 Å². The van der Waals surface area contributed by atoms with E-state index in [1.807, 2.05) is 13.8 Å². The zero-order valence-electron chi connectivity index (χ0n) is 13.2. The Morgan fingerprint density at radius 3 is 2.64 bits per heavy atom. The van der Waals surface area contributed by atoms with Gasteiger partial charge < -0.3 is 5.32 Å². The second-order valence-electron chi connectivity index (χ2n) is 5.46. The Bertz CT molecular complexity index is 835. The first-order valence-electron chi connectivity index (χ1n) is 7.23. The molecule has 0 aromatic carbocycles. The van der Waals surface area contributed by atoms with Crippen LogP contribution in [0, 0.1) is 0 Å². The number of carbonyl (C=O) groups excluding carboxylic acids is 1. The molecule has 2 aromatic heterocycles. The highest BCUT2D eigenvalue weighted by atomic mass is 16.2. The zero-order chi connectivity index (χ0) is 16.4. The van der Waals surface area contributed by atoms with Crippen molar-refractivity contribution in [3.05, 3.63) is 38.7 Å². The van der Waals surface area contributed by atoms with Crippen LogP contribution in [0.25, 0.3) is 11.0 Å². The van der Waals surface area contributed by atoms with Crippen LogP contribution in [-0.2, 0) is 14.1 Å². The lowest BCUT2D eigenvalue weighted by Crippen LogP contribution is -2.37. The fourth-order valence-corrected chi connectivity index (χ4v) is 2.40. The zero-order valence-corrected chi connectivity index (χ0v) is 13.2. The summed E-state index contributed by atoms with van der Waals surface area (Å²) in [6.45, 7) is 3.98. The average Bonchev–Trinajstić information content (AvgIpc) is 2.50. The molecule has 0 fully saturated rings. The summed E-state index contributed by atoms with van der Waals surface area (Å²) in [6, 6.07) is 1.54. The number of aromatic nitrogens is 3. The van der Waals surface area contributed by atoms with Gasteiger partial charge in [0.05, 0.1) is 10.9 Å². The van der Waals surface area contributed by atoms with Crippen molar-refractivity contribution >= 4 is 16.9 Å². The highest BCUT2D eigenvalue weighted by Gasteiger charge is 2.14. The summed E-state index contributed by atoms with van der Waals surface area (Å²) in [4.78, 5) is 40.3. The molecule has 0 aliphatic heterocycles. The van der Waals surface area contributed by atoms with Gasteiger partial charge in [-0.05, 0) is 19.4 Å². The van der Waals surface area contributed by atoms with Gasteiger partial charge in [-0.15, -0.1) is 0 Å². The quantitative estimate of drug-likeness (QED) is 0.894. The van der Waals surface area contributed by atoms with Crippen LogP contribution in [0.2, 0.25) is 0 Å². The minimum Gasteiger partial charge on any atom is -0.350 e. The van der Waals surface area contributed by atoms with Crippen LogP contribution in [0.1, 0.15) is 37.0 Å². The lowest BCUT2D eigenvalue weighted by molar-refractivity contribution is 0.0938. The highest BCUT2D eigenvalue weighted by Crippen LogP contribution is 2.08. The van der Waals surface area contributed by atoms with E-state index in [0.717, 1.165) is 17.4 Å². The second-order valence-corrected chi connectivity index (χ2v) is 5.46. The fraction of sp³-hybridized carbons (Fsp3) is 0.467. The van der Waals surface area contributed by atoms with Gasteiger partial charge >= 0.3 is 5.69 Å². The van der Waals surface area contributed by atoms with Crippen LogP contribution in [0.5, 0.6) is 0 Å². The lowest BCUT2D eigenvalue weighted by Gasteiger charge is -2.13. The fourth-order valence-electron chi connectivity index (χ4n) is 2.40. The molecule has 2 aromatic rings. The Hall–Kier alpha value is -2.44. The summed E-state index contributed by atoms with van der Waals surface area (Å²) in [7, 11) is 2.94. The van der Waals surface area contributed by atoms with Gasteiger partial charge in [0, 0.05) is 26.3 Å². The standard InChI is InChI=1S/C15H20N4O3/c1-5-6-9(2)17-13(20)10-7-11-12(16-8-10)18(3)15(22)19(4)14(11)21/h7-9H,5-6H2,1-4H3,(H,17,20)/t9-/m0/s1. The Labute approximate surface area is 127 Å². The number of fused-ring (bicyclic) bond motifs is 1. The first-order valence-corrected chi connectivity index (χ1v) is 7.23. The Balaban J connectivity index is 2.49.